The number of halogens is 2. The van der Waals surface area contributed by atoms with Crippen molar-refractivity contribution in [3.8, 4) is 5.75 Å². The highest BCUT2D eigenvalue weighted by molar-refractivity contribution is 5.30. The molecule has 2 fully saturated rings. The van der Waals surface area contributed by atoms with Gasteiger partial charge in [0.25, 0.3) is 0 Å². The fourth-order valence-electron chi connectivity index (χ4n) is 3.43. The molecule has 2 nitrogen and oxygen atoms in total. The average molecular weight is 253 g/mol. The smallest absolute Gasteiger partial charge is 0.187 e. The van der Waals surface area contributed by atoms with Crippen molar-refractivity contribution in [2.45, 2.75) is 25.8 Å². The van der Waals surface area contributed by atoms with Gasteiger partial charge in [-0.1, -0.05) is 6.42 Å². The molecule has 0 amide bonds. The second-order valence-corrected chi connectivity index (χ2v) is 5.55. The topological polar surface area (TPSA) is 23.5 Å². The maximum Gasteiger partial charge on any atom is 0.187 e. The van der Waals surface area contributed by atoms with Crippen LogP contribution in [-0.2, 0) is 6.54 Å². The summed E-state index contributed by atoms with van der Waals surface area (Å²) in [6.07, 6.45) is 3.91. The molecule has 0 spiro atoms. The molecule has 0 aromatic heterocycles. The summed E-state index contributed by atoms with van der Waals surface area (Å²) in [5.74, 6) is -1.07. The number of phenols is 1. The van der Waals surface area contributed by atoms with Crippen LogP contribution in [0.2, 0.25) is 0 Å². The van der Waals surface area contributed by atoms with E-state index in [1.165, 1.54) is 31.4 Å². The minimum absolute atomic E-state index is 0.571. The molecule has 2 unspecified atom stereocenters. The molecule has 4 heteroatoms. The first-order chi connectivity index (χ1) is 8.63. The summed E-state index contributed by atoms with van der Waals surface area (Å²) in [7, 11) is 0. The van der Waals surface area contributed by atoms with Gasteiger partial charge in [-0.05, 0) is 42.4 Å². The Morgan fingerprint density at radius 3 is 2.22 bits per heavy atom. The lowest BCUT2D eigenvalue weighted by Gasteiger charge is -2.17. The lowest BCUT2D eigenvalue weighted by atomic mass is 10.0. The minimum Gasteiger partial charge on any atom is -0.503 e. The number of phenolic OH excluding ortho intramolecular Hbond substituents is 1. The third kappa shape index (κ3) is 2.09. The molecule has 18 heavy (non-hydrogen) atoms. The van der Waals surface area contributed by atoms with Crippen molar-refractivity contribution in [2.24, 2.45) is 11.8 Å². The molecule has 3 rings (SSSR count). The van der Waals surface area contributed by atoms with Crippen molar-refractivity contribution < 1.29 is 13.9 Å². The highest BCUT2D eigenvalue weighted by Crippen LogP contribution is 2.38. The lowest BCUT2D eigenvalue weighted by Crippen LogP contribution is -2.21. The van der Waals surface area contributed by atoms with Gasteiger partial charge in [0.2, 0.25) is 0 Å². The van der Waals surface area contributed by atoms with Gasteiger partial charge in [0.1, 0.15) is 0 Å². The summed E-state index contributed by atoms with van der Waals surface area (Å²) in [4.78, 5) is 2.26. The van der Waals surface area contributed by atoms with Gasteiger partial charge in [0, 0.05) is 19.6 Å². The van der Waals surface area contributed by atoms with Crippen LogP contribution in [0.5, 0.6) is 5.75 Å². The quantitative estimate of drug-likeness (QED) is 0.876. The number of hydrogen-bond donors (Lipinski definition) is 1. The second kappa shape index (κ2) is 4.50. The summed E-state index contributed by atoms with van der Waals surface area (Å²) in [5.41, 5.74) is 0.600. The van der Waals surface area contributed by atoms with E-state index in [0.29, 0.717) is 12.1 Å². The first kappa shape index (κ1) is 11.9. The maximum atomic E-state index is 13.2. The minimum atomic E-state index is -0.878. The predicted molar refractivity (Wildman–Crippen MR) is 64.1 cm³/mol. The molecule has 1 aromatic carbocycles. The highest BCUT2D eigenvalue weighted by atomic mass is 19.1. The summed E-state index contributed by atoms with van der Waals surface area (Å²) >= 11 is 0. The highest BCUT2D eigenvalue weighted by Gasteiger charge is 2.35. The van der Waals surface area contributed by atoms with Crippen LogP contribution in [0, 0.1) is 23.5 Å². The predicted octanol–water partition coefficient (Wildman–Crippen LogP) is 2.90. The number of nitrogens with zero attached hydrogens (tertiary/aromatic N) is 1. The van der Waals surface area contributed by atoms with Crippen LogP contribution in [0.3, 0.4) is 0 Å². The van der Waals surface area contributed by atoms with Gasteiger partial charge in [-0.15, -0.1) is 0 Å². The van der Waals surface area contributed by atoms with Crippen molar-refractivity contribution >= 4 is 0 Å². The first-order valence-corrected chi connectivity index (χ1v) is 6.52. The normalized spacial score (nSPS) is 27.7. The maximum absolute atomic E-state index is 13.2. The van der Waals surface area contributed by atoms with Crippen LogP contribution in [0.4, 0.5) is 8.78 Å². The van der Waals surface area contributed by atoms with E-state index in [0.717, 1.165) is 24.9 Å². The van der Waals surface area contributed by atoms with E-state index in [4.69, 9.17) is 5.11 Å². The van der Waals surface area contributed by atoms with Crippen LogP contribution >= 0.6 is 0 Å². The van der Waals surface area contributed by atoms with Crippen molar-refractivity contribution in [1.29, 1.82) is 0 Å². The molecule has 98 valence electrons. The van der Waals surface area contributed by atoms with Crippen LogP contribution < -0.4 is 0 Å². The molecular weight excluding hydrogens is 236 g/mol. The molecular formula is C14H17F2NO. The molecule has 0 bridgehead atoms. The monoisotopic (exact) mass is 253 g/mol. The van der Waals surface area contributed by atoms with Gasteiger partial charge < -0.3 is 5.11 Å². The molecule has 1 aliphatic heterocycles. The molecule has 1 aromatic rings. The van der Waals surface area contributed by atoms with Crippen molar-refractivity contribution in [3.63, 3.8) is 0 Å². The molecule has 2 aliphatic rings. The van der Waals surface area contributed by atoms with Crippen molar-refractivity contribution in [3.05, 3.63) is 29.3 Å². The van der Waals surface area contributed by atoms with E-state index in [2.05, 4.69) is 4.90 Å². The van der Waals surface area contributed by atoms with Crippen LogP contribution in [0.15, 0.2) is 12.1 Å². The van der Waals surface area contributed by atoms with E-state index in [9.17, 15) is 8.78 Å². The molecule has 1 saturated heterocycles. The lowest BCUT2D eigenvalue weighted by molar-refractivity contribution is 0.301. The number of rotatable bonds is 2. The fraction of sp³-hybridized carbons (Fsp3) is 0.571. The van der Waals surface area contributed by atoms with Crippen molar-refractivity contribution in [1.82, 2.24) is 4.90 Å². The van der Waals surface area contributed by atoms with E-state index in [-0.39, 0.29) is 0 Å². The van der Waals surface area contributed by atoms with Gasteiger partial charge >= 0.3 is 0 Å². The first-order valence-electron chi connectivity index (χ1n) is 6.52. The Balaban J connectivity index is 1.70. The molecule has 1 saturated carbocycles. The Labute approximate surface area is 105 Å². The zero-order chi connectivity index (χ0) is 12.7. The van der Waals surface area contributed by atoms with Crippen molar-refractivity contribution in [2.75, 3.05) is 13.1 Å². The van der Waals surface area contributed by atoms with Gasteiger partial charge in [-0.3, -0.25) is 4.90 Å². The van der Waals surface area contributed by atoms with Gasteiger partial charge in [-0.25, -0.2) is 8.78 Å². The largest absolute Gasteiger partial charge is 0.503 e. The molecule has 0 radical (unpaired) electrons. The van der Waals surface area contributed by atoms with Crippen LogP contribution in [0.1, 0.15) is 24.8 Å². The second-order valence-electron chi connectivity index (χ2n) is 5.55. The van der Waals surface area contributed by atoms with E-state index in [1.54, 1.807) is 0 Å². The van der Waals surface area contributed by atoms with Gasteiger partial charge in [0.15, 0.2) is 17.4 Å². The summed E-state index contributed by atoms with van der Waals surface area (Å²) < 4.78 is 26.5. The Hall–Kier alpha value is -1.16. The Bertz CT molecular complexity index is 428. The summed E-state index contributed by atoms with van der Waals surface area (Å²) in [6.45, 7) is 2.64. The van der Waals surface area contributed by atoms with Crippen LogP contribution in [0.25, 0.3) is 0 Å². The summed E-state index contributed by atoms with van der Waals surface area (Å²) in [5, 5.41) is 9.06. The zero-order valence-electron chi connectivity index (χ0n) is 10.2. The summed E-state index contributed by atoms with van der Waals surface area (Å²) in [6, 6.07) is 2.46. The third-order valence-corrected chi connectivity index (χ3v) is 4.28. The number of benzene rings is 1. The molecule has 1 aliphatic carbocycles. The number of likely N-dealkylation sites (tertiary alicyclic amines) is 1. The van der Waals surface area contributed by atoms with Gasteiger partial charge in [-0.2, -0.15) is 0 Å². The Morgan fingerprint density at radius 1 is 1.11 bits per heavy atom. The zero-order valence-corrected chi connectivity index (χ0v) is 10.2. The van der Waals surface area contributed by atoms with E-state index < -0.39 is 17.4 Å². The fourth-order valence-corrected chi connectivity index (χ4v) is 3.43. The SMILES string of the molecule is Oc1c(F)cc(CN2CC3CCCC3C2)cc1F. The van der Waals surface area contributed by atoms with E-state index >= 15 is 0 Å². The van der Waals surface area contributed by atoms with Crippen LogP contribution in [-0.4, -0.2) is 23.1 Å². The van der Waals surface area contributed by atoms with E-state index in [1.807, 2.05) is 0 Å². The standard InChI is InChI=1S/C14H17F2NO/c15-12-4-9(5-13(16)14(12)18)6-17-7-10-2-1-3-11(10)8-17/h4-5,10-11,18H,1-3,6-8H2. The Kier molecular flexibility index (Phi) is 2.98. The number of fused-ring (bicyclic) bond motifs is 1. The average Bonchev–Trinajstić information content (AvgIpc) is 2.86. The number of aromatic hydroxyl groups is 1. The Morgan fingerprint density at radius 2 is 1.67 bits per heavy atom. The van der Waals surface area contributed by atoms with Gasteiger partial charge in [0.05, 0.1) is 0 Å². The molecule has 1 heterocycles. The third-order valence-electron chi connectivity index (χ3n) is 4.28. The molecule has 1 N–H and O–H groups in total. The molecule has 2 atom stereocenters. The number of hydrogen-bond acceptors (Lipinski definition) is 2.